The van der Waals surface area contributed by atoms with Gasteiger partial charge < -0.3 is 41.1 Å². The normalized spacial score (nSPS) is 12.7. The molecular formula is C35H62N4O11S. The number of nitrogens with one attached hydrogen (secondary N) is 4. The first kappa shape index (κ1) is 47.6. The van der Waals surface area contributed by atoms with Crippen molar-refractivity contribution in [3.63, 3.8) is 0 Å². The van der Waals surface area contributed by atoms with Crippen molar-refractivity contribution in [2.45, 2.75) is 166 Å². The van der Waals surface area contributed by atoms with Crippen molar-refractivity contribution in [3.8, 4) is 0 Å². The van der Waals surface area contributed by atoms with Crippen LogP contribution in [0.2, 0.25) is 0 Å². The van der Waals surface area contributed by atoms with Crippen molar-refractivity contribution in [1.82, 2.24) is 21.3 Å². The Balaban J connectivity index is 4.34. The highest BCUT2D eigenvalue weighted by molar-refractivity contribution is 7.93. The molecule has 0 aliphatic carbocycles. The highest BCUT2D eigenvalue weighted by atomic mass is 32.2. The third-order valence-corrected chi connectivity index (χ3v) is 8.89. The van der Waals surface area contributed by atoms with Crippen LogP contribution in [0, 0.1) is 0 Å². The maximum atomic E-state index is 12.8. The van der Waals surface area contributed by atoms with Gasteiger partial charge in [0, 0.05) is 38.0 Å². The highest BCUT2D eigenvalue weighted by Crippen LogP contribution is 2.14. The van der Waals surface area contributed by atoms with Crippen molar-refractivity contribution < 1.29 is 53.4 Å². The molecule has 8 N–H and O–H groups in total. The molecule has 51 heavy (non-hydrogen) atoms. The summed E-state index contributed by atoms with van der Waals surface area (Å²) in [5.41, 5.74) is 0. The molecule has 0 fully saturated rings. The quantitative estimate of drug-likeness (QED) is 0.0332. The maximum absolute atomic E-state index is 12.8. The molecule has 0 spiro atoms. The first-order valence-corrected chi connectivity index (χ1v) is 19.4. The Kier molecular flexibility index (Phi) is 29.3. The van der Waals surface area contributed by atoms with E-state index < -0.39 is 53.8 Å². The van der Waals surface area contributed by atoms with Gasteiger partial charge in [0.25, 0.3) is 0 Å². The van der Waals surface area contributed by atoms with Crippen LogP contribution in [0.3, 0.4) is 0 Å². The molecule has 0 heterocycles. The Bertz CT molecular complexity index is 1050. The van der Waals surface area contributed by atoms with Crippen LogP contribution in [0.25, 0.3) is 0 Å². The Morgan fingerprint density at radius 1 is 0.510 bits per heavy atom. The number of carbonyl (C=O) groups excluding carboxylic acids is 4. The van der Waals surface area contributed by atoms with Crippen LogP contribution in [-0.2, 0) is 33.6 Å². The molecule has 0 aromatic heterocycles. The second-order valence-electron chi connectivity index (χ2n) is 12.9. The molecule has 0 saturated carbocycles. The lowest BCUT2D eigenvalue weighted by molar-refractivity contribution is -0.143. The van der Waals surface area contributed by atoms with Crippen LogP contribution in [0.4, 0.5) is 0 Å². The van der Waals surface area contributed by atoms with Gasteiger partial charge >= 0.3 is 17.9 Å². The van der Waals surface area contributed by atoms with Crippen LogP contribution in [0.15, 0.2) is 0 Å². The second-order valence-corrected chi connectivity index (χ2v) is 13.4. The number of carboxylic acid groups (broad SMARTS) is 3. The first-order chi connectivity index (χ1) is 24.4. The monoisotopic (exact) mass is 746 g/mol. The van der Waals surface area contributed by atoms with Crippen LogP contribution in [0.5, 0.6) is 0 Å². The Hall–Kier alpha value is -3.40. The summed E-state index contributed by atoms with van der Waals surface area (Å²) in [6.45, 7) is 2.10. The average Bonchev–Trinajstić information content (AvgIpc) is 3.08. The van der Waals surface area contributed by atoms with E-state index in [0.717, 1.165) is 51.4 Å². The molecule has 0 aromatic rings. The SMILES string of the molecule is CCC(=O)NCCCCC(NC(=O)CCC(NC(=O)C(CSO)NC(=O)CCCCCCCCCCCCCCCCC(=O)O)C(=O)O)C(=O)O. The summed E-state index contributed by atoms with van der Waals surface area (Å²) in [6.07, 6.45) is 15.7. The summed E-state index contributed by atoms with van der Waals surface area (Å²) in [5.74, 6) is -5.64. The van der Waals surface area contributed by atoms with E-state index in [1.807, 2.05) is 0 Å². The lowest BCUT2D eigenvalue weighted by Crippen LogP contribution is -2.53. The molecule has 0 bridgehead atoms. The molecule has 3 atom stereocenters. The van der Waals surface area contributed by atoms with Gasteiger partial charge in [-0.25, -0.2) is 9.59 Å². The van der Waals surface area contributed by atoms with Crippen LogP contribution < -0.4 is 21.3 Å². The Labute approximate surface area is 306 Å². The molecule has 0 rings (SSSR count). The van der Waals surface area contributed by atoms with Crippen molar-refractivity contribution in [1.29, 1.82) is 0 Å². The van der Waals surface area contributed by atoms with Crippen molar-refractivity contribution >= 4 is 53.6 Å². The van der Waals surface area contributed by atoms with E-state index in [0.29, 0.717) is 44.3 Å². The molecule has 16 heteroatoms. The van der Waals surface area contributed by atoms with Gasteiger partial charge in [-0.05, 0) is 50.6 Å². The largest absolute Gasteiger partial charge is 0.481 e. The molecule has 4 amide bonds. The molecule has 0 aliphatic rings. The lowest BCUT2D eigenvalue weighted by Gasteiger charge is -2.21. The minimum absolute atomic E-state index is 0.116. The van der Waals surface area contributed by atoms with E-state index in [-0.39, 0.29) is 43.8 Å². The van der Waals surface area contributed by atoms with Crippen molar-refractivity contribution in [3.05, 3.63) is 0 Å². The van der Waals surface area contributed by atoms with Crippen LogP contribution in [-0.4, -0.2) is 91.8 Å². The maximum Gasteiger partial charge on any atom is 0.326 e. The number of aliphatic carboxylic acids is 3. The van der Waals surface area contributed by atoms with Gasteiger partial charge in [0.15, 0.2) is 0 Å². The molecule has 294 valence electrons. The zero-order valence-corrected chi connectivity index (χ0v) is 31.1. The molecule has 0 radical (unpaired) electrons. The number of hydrogen-bond donors (Lipinski definition) is 8. The summed E-state index contributed by atoms with van der Waals surface area (Å²) < 4.78 is 9.34. The smallest absolute Gasteiger partial charge is 0.326 e. The van der Waals surface area contributed by atoms with E-state index in [1.54, 1.807) is 6.92 Å². The van der Waals surface area contributed by atoms with E-state index in [2.05, 4.69) is 21.3 Å². The summed E-state index contributed by atoms with van der Waals surface area (Å²) >= 11 is 0.324. The first-order valence-electron chi connectivity index (χ1n) is 18.5. The summed E-state index contributed by atoms with van der Waals surface area (Å²) in [5, 5.41) is 37.6. The van der Waals surface area contributed by atoms with Gasteiger partial charge in [-0.2, -0.15) is 0 Å². The second kappa shape index (κ2) is 31.3. The number of carbonyl (C=O) groups is 7. The van der Waals surface area contributed by atoms with E-state index >= 15 is 0 Å². The molecule has 3 unspecified atom stereocenters. The zero-order valence-electron chi connectivity index (χ0n) is 30.3. The minimum Gasteiger partial charge on any atom is -0.481 e. The van der Waals surface area contributed by atoms with Crippen molar-refractivity contribution in [2.75, 3.05) is 12.3 Å². The van der Waals surface area contributed by atoms with Gasteiger partial charge in [-0.3, -0.25) is 24.0 Å². The third-order valence-electron chi connectivity index (χ3n) is 8.41. The van der Waals surface area contributed by atoms with Crippen LogP contribution >= 0.6 is 12.0 Å². The van der Waals surface area contributed by atoms with Crippen molar-refractivity contribution in [2.24, 2.45) is 0 Å². The summed E-state index contributed by atoms with van der Waals surface area (Å²) in [4.78, 5) is 82.9. The summed E-state index contributed by atoms with van der Waals surface area (Å²) in [7, 11) is 0. The predicted octanol–water partition coefficient (Wildman–Crippen LogP) is 4.62. The predicted molar refractivity (Wildman–Crippen MR) is 194 cm³/mol. The highest BCUT2D eigenvalue weighted by Gasteiger charge is 2.28. The molecule has 0 aromatic carbocycles. The minimum atomic E-state index is -1.49. The third kappa shape index (κ3) is 27.9. The van der Waals surface area contributed by atoms with Crippen LogP contribution in [0.1, 0.15) is 148 Å². The standard InChI is InChI=1S/C35H62N4O11S/c1-2-29(40)36-24-18-17-19-26(34(46)47)37-31(42)23-22-27(35(48)49)39-33(45)28(25-51-50)38-30(41)20-15-13-11-9-7-5-3-4-6-8-10-12-14-16-21-32(43)44/h26-28,50H,2-25H2,1H3,(H,36,40)(H,37,42)(H,38,41)(H,39,45)(H,43,44)(H,46,47)(H,48,49). The summed E-state index contributed by atoms with van der Waals surface area (Å²) in [6, 6.07) is -3.88. The van der Waals surface area contributed by atoms with E-state index in [1.165, 1.54) is 32.1 Å². The number of carboxylic acids is 3. The Morgan fingerprint density at radius 2 is 0.961 bits per heavy atom. The fourth-order valence-corrected chi connectivity index (χ4v) is 5.75. The molecule has 0 aliphatic heterocycles. The Morgan fingerprint density at radius 3 is 1.43 bits per heavy atom. The molecule has 0 saturated heterocycles. The van der Waals surface area contributed by atoms with Gasteiger partial charge in [0.05, 0.1) is 0 Å². The fourth-order valence-electron chi connectivity index (χ4n) is 5.36. The molecule has 15 nitrogen and oxygen atoms in total. The van der Waals surface area contributed by atoms with E-state index in [4.69, 9.17) is 5.11 Å². The fraction of sp³-hybridized carbons (Fsp3) is 0.800. The number of unbranched alkanes of at least 4 members (excludes halogenated alkanes) is 14. The van der Waals surface area contributed by atoms with Gasteiger partial charge in [-0.1, -0.05) is 84.0 Å². The van der Waals surface area contributed by atoms with Gasteiger partial charge in [0.2, 0.25) is 23.6 Å². The van der Waals surface area contributed by atoms with Gasteiger partial charge in [0.1, 0.15) is 18.1 Å². The number of rotatable bonds is 34. The molecular weight excluding hydrogens is 684 g/mol. The van der Waals surface area contributed by atoms with Gasteiger partial charge in [-0.15, -0.1) is 0 Å². The number of hydrogen-bond acceptors (Lipinski definition) is 9. The number of amides is 4. The topological polar surface area (TPSA) is 249 Å². The average molecular weight is 747 g/mol. The zero-order chi connectivity index (χ0) is 38.3. The lowest BCUT2D eigenvalue weighted by atomic mass is 10.0. The van der Waals surface area contributed by atoms with E-state index in [9.17, 15) is 48.3 Å².